The summed E-state index contributed by atoms with van der Waals surface area (Å²) in [5, 5.41) is 10.9. The van der Waals surface area contributed by atoms with E-state index >= 15 is 0 Å². The molecule has 3 aromatic rings. The van der Waals surface area contributed by atoms with Gasteiger partial charge in [-0.2, -0.15) is 10.2 Å². The van der Waals surface area contributed by atoms with Crippen molar-refractivity contribution < 1.29 is 9.53 Å². The van der Waals surface area contributed by atoms with Gasteiger partial charge in [-0.3, -0.25) is 14.3 Å². The van der Waals surface area contributed by atoms with E-state index in [2.05, 4.69) is 5.10 Å². The summed E-state index contributed by atoms with van der Waals surface area (Å²) in [6, 6.07) is 3.49. The van der Waals surface area contributed by atoms with E-state index in [4.69, 9.17) is 33.0 Å². The van der Waals surface area contributed by atoms with Crippen LogP contribution in [0.4, 0.5) is 4.79 Å². The number of rotatable bonds is 1. The Morgan fingerprint density at radius 2 is 1.97 bits per heavy atom. The van der Waals surface area contributed by atoms with E-state index in [9.17, 15) is 4.79 Å². The smallest absolute Gasteiger partial charge is 0.410 e. The second-order valence-corrected chi connectivity index (χ2v) is 9.06. The Kier molecular flexibility index (Phi) is 4.78. The fourth-order valence-electron chi connectivity index (χ4n) is 3.74. The van der Waals surface area contributed by atoms with E-state index in [1.54, 1.807) is 9.58 Å². The third-order valence-electron chi connectivity index (χ3n) is 4.98. The van der Waals surface area contributed by atoms with Crippen molar-refractivity contribution in [3.8, 4) is 11.3 Å². The molecule has 1 unspecified atom stereocenters. The Morgan fingerprint density at radius 3 is 2.59 bits per heavy atom. The maximum atomic E-state index is 12.8. The lowest BCUT2D eigenvalue weighted by Gasteiger charge is -2.35. The lowest BCUT2D eigenvalue weighted by atomic mass is 10.0. The number of amides is 1. The van der Waals surface area contributed by atoms with E-state index in [1.807, 2.05) is 57.8 Å². The summed E-state index contributed by atoms with van der Waals surface area (Å²) in [5.74, 6) is 0. The normalized spacial score (nSPS) is 16.9. The number of hydrogen-bond acceptors (Lipinski definition) is 4. The molecule has 0 spiro atoms. The number of carbonyl (C=O) groups excluding carboxylic acids is 1. The molecule has 29 heavy (non-hydrogen) atoms. The largest absolute Gasteiger partial charge is 0.444 e. The van der Waals surface area contributed by atoms with Gasteiger partial charge in [-0.1, -0.05) is 23.2 Å². The third kappa shape index (κ3) is 3.46. The molecule has 9 heteroatoms. The van der Waals surface area contributed by atoms with Gasteiger partial charge in [-0.15, -0.1) is 0 Å². The summed E-state index contributed by atoms with van der Waals surface area (Å²) >= 11 is 12.9. The number of benzene rings is 1. The molecule has 154 valence electrons. The molecule has 0 saturated carbocycles. The molecule has 1 amide bonds. The second-order valence-electron chi connectivity index (χ2n) is 8.28. The highest BCUT2D eigenvalue weighted by Crippen LogP contribution is 2.42. The van der Waals surface area contributed by atoms with Gasteiger partial charge in [-0.25, -0.2) is 4.79 Å². The van der Waals surface area contributed by atoms with Crippen LogP contribution in [-0.2, 0) is 18.3 Å². The van der Waals surface area contributed by atoms with Crippen LogP contribution in [0.2, 0.25) is 10.0 Å². The standard InChI is InChI=1S/C20H23Cl2N5O2/c1-11-18-15-12(14-6-7-25(5)23-14)10-13(21)16(22)17(15)24-27(18)9-8-26(11)19(28)29-20(2,3)4/h6-7,10-11H,8-9H2,1-5H3. The predicted molar refractivity (Wildman–Crippen MR) is 113 cm³/mol. The monoisotopic (exact) mass is 435 g/mol. The van der Waals surface area contributed by atoms with Crippen molar-refractivity contribution in [2.24, 2.45) is 7.05 Å². The van der Waals surface area contributed by atoms with Crippen LogP contribution in [0.25, 0.3) is 22.2 Å². The van der Waals surface area contributed by atoms with Crippen LogP contribution >= 0.6 is 23.2 Å². The highest BCUT2D eigenvalue weighted by molar-refractivity contribution is 6.45. The van der Waals surface area contributed by atoms with Crippen molar-refractivity contribution in [1.82, 2.24) is 24.5 Å². The van der Waals surface area contributed by atoms with Crippen LogP contribution in [-0.4, -0.2) is 42.7 Å². The highest BCUT2D eigenvalue weighted by atomic mass is 35.5. The number of hydrogen-bond donors (Lipinski definition) is 0. The molecular formula is C20H23Cl2N5O2. The van der Waals surface area contributed by atoms with Crippen LogP contribution in [0.1, 0.15) is 39.4 Å². The maximum Gasteiger partial charge on any atom is 0.410 e. The molecule has 0 aliphatic carbocycles. The minimum atomic E-state index is -0.563. The fourth-order valence-corrected chi connectivity index (χ4v) is 4.12. The zero-order chi connectivity index (χ0) is 21.1. The van der Waals surface area contributed by atoms with Crippen LogP contribution < -0.4 is 0 Å². The van der Waals surface area contributed by atoms with Crippen LogP contribution in [0.15, 0.2) is 18.3 Å². The van der Waals surface area contributed by atoms with Gasteiger partial charge in [0, 0.05) is 30.7 Å². The van der Waals surface area contributed by atoms with Crippen molar-refractivity contribution in [3.63, 3.8) is 0 Å². The molecule has 3 heterocycles. The van der Waals surface area contributed by atoms with Crippen molar-refractivity contribution >= 4 is 40.2 Å². The number of halogens is 2. The van der Waals surface area contributed by atoms with Gasteiger partial charge in [0.1, 0.15) is 11.1 Å². The Hall–Kier alpha value is -2.25. The lowest BCUT2D eigenvalue weighted by Crippen LogP contribution is -2.43. The quantitative estimate of drug-likeness (QED) is 0.535. The van der Waals surface area contributed by atoms with Gasteiger partial charge < -0.3 is 4.74 Å². The number of carbonyl (C=O) groups is 1. The summed E-state index contributed by atoms with van der Waals surface area (Å²) in [4.78, 5) is 14.5. The summed E-state index contributed by atoms with van der Waals surface area (Å²) in [6.07, 6.45) is 1.53. The van der Waals surface area contributed by atoms with Crippen LogP contribution in [0.5, 0.6) is 0 Å². The molecule has 0 N–H and O–H groups in total. The number of nitrogens with zero attached hydrogens (tertiary/aromatic N) is 5. The van der Waals surface area contributed by atoms with E-state index in [0.717, 1.165) is 22.3 Å². The second kappa shape index (κ2) is 6.92. The van der Waals surface area contributed by atoms with Crippen molar-refractivity contribution in [3.05, 3.63) is 34.1 Å². The van der Waals surface area contributed by atoms with Gasteiger partial charge in [0.25, 0.3) is 0 Å². The zero-order valence-electron chi connectivity index (χ0n) is 17.0. The van der Waals surface area contributed by atoms with E-state index in [1.165, 1.54) is 0 Å². The van der Waals surface area contributed by atoms with Gasteiger partial charge in [-0.05, 0) is 39.8 Å². The first kappa shape index (κ1) is 20.0. The van der Waals surface area contributed by atoms with Crippen molar-refractivity contribution in [1.29, 1.82) is 0 Å². The van der Waals surface area contributed by atoms with Crippen LogP contribution in [0.3, 0.4) is 0 Å². The molecular weight excluding hydrogens is 413 g/mol. The molecule has 4 rings (SSSR count). The first-order chi connectivity index (χ1) is 13.6. The molecule has 1 atom stereocenters. The topological polar surface area (TPSA) is 65.2 Å². The Labute approximate surface area is 179 Å². The first-order valence-electron chi connectivity index (χ1n) is 9.45. The van der Waals surface area contributed by atoms with Crippen molar-refractivity contribution in [2.75, 3.05) is 6.54 Å². The summed E-state index contributed by atoms with van der Waals surface area (Å²) < 4.78 is 9.25. The molecule has 7 nitrogen and oxygen atoms in total. The minimum absolute atomic E-state index is 0.247. The highest BCUT2D eigenvalue weighted by Gasteiger charge is 2.35. The average molecular weight is 436 g/mol. The molecule has 1 aliphatic rings. The Bertz CT molecular complexity index is 1110. The molecule has 0 fully saturated rings. The predicted octanol–water partition coefficient (Wildman–Crippen LogP) is 5.06. The molecule has 0 bridgehead atoms. The number of ether oxygens (including phenoxy) is 1. The van der Waals surface area contributed by atoms with E-state index in [0.29, 0.717) is 28.7 Å². The van der Waals surface area contributed by atoms with Gasteiger partial charge in [0.05, 0.1) is 34.0 Å². The summed E-state index contributed by atoms with van der Waals surface area (Å²) in [5.41, 5.74) is 2.57. The Morgan fingerprint density at radius 1 is 1.24 bits per heavy atom. The maximum absolute atomic E-state index is 12.8. The molecule has 0 saturated heterocycles. The molecule has 0 radical (unpaired) electrons. The lowest BCUT2D eigenvalue weighted by molar-refractivity contribution is 0.0122. The number of aryl methyl sites for hydroxylation is 1. The fraction of sp³-hybridized carbons (Fsp3) is 0.450. The first-order valence-corrected chi connectivity index (χ1v) is 10.2. The van der Waals surface area contributed by atoms with E-state index < -0.39 is 5.60 Å². The third-order valence-corrected chi connectivity index (χ3v) is 5.76. The summed E-state index contributed by atoms with van der Waals surface area (Å²) in [6.45, 7) is 8.60. The average Bonchev–Trinajstić information content (AvgIpc) is 3.21. The molecule has 2 aromatic heterocycles. The van der Waals surface area contributed by atoms with Gasteiger partial charge in [0.15, 0.2) is 0 Å². The molecule has 1 aromatic carbocycles. The SMILES string of the molecule is CC1c2c3c(-c4ccn(C)n4)cc(Cl)c(Cl)c3nn2CCN1C(=O)OC(C)(C)C. The van der Waals surface area contributed by atoms with Gasteiger partial charge >= 0.3 is 6.09 Å². The summed E-state index contributed by atoms with van der Waals surface area (Å²) in [7, 11) is 1.86. The van der Waals surface area contributed by atoms with Gasteiger partial charge in [0.2, 0.25) is 0 Å². The zero-order valence-corrected chi connectivity index (χ0v) is 18.5. The number of aromatic nitrogens is 4. The Balaban J connectivity index is 1.89. The van der Waals surface area contributed by atoms with Crippen molar-refractivity contribution in [2.45, 2.75) is 45.9 Å². The molecule has 1 aliphatic heterocycles. The van der Waals surface area contributed by atoms with E-state index in [-0.39, 0.29) is 12.1 Å². The minimum Gasteiger partial charge on any atom is -0.444 e. The number of fused-ring (bicyclic) bond motifs is 3. The van der Waals surface area contributed by atoms with Crippen LogP contribution in [0, 0.1) is 0 Å².